The number of unbranched alkanes of at least 4 members (excludes halogenated alkanes) is 20. The smallest absolute Gasteiger partial charge is 0.168 e. The van der Waals surface area contributed by atoms with Crippen LogP contribution in [0.1, 0.15) is 194 Å². The number of rotatable bonds is 32. The Bertz CT molecular complexity index is 590. The van der Waals surface area contributed by atoms with Crippen LogP contribution in [0.15, 0.2) is 24.3 Å². The minimum atomic E-state index is -0.299. The topological polar surface area (TPSA) is 21.7 Å². The summed E-state index contributed by atoms with van der Waals surface area (Å²) in [5, 5.41) is 0. The molecule has 43 heavy (non-hydrogen) atoms. The lowest BCUT2D eigenvalue weighted by Crippen LogP contribution is -2.31. The van der Waals surface area contributed by atoms with Gasteiger partial charge in [-0.1, -0.05) is 128 Å². The molecule has 1 aliphatic heterocycles. The van der Waals surface area contributed by atoms with Crippen LogP contribution in [0.4, 0.5) is 0 Å². The molecular weight excluding hydrogens is 526 g/mol. The molecule has 3 heteroatoms. The molecule has 0 N–H and O–H groups in total. The normalized spacial score (nSPS) is 16.9. The van der Waals surface area contributed by atoms with E-state index in [1.54, 1.807) is 0 Å². The van der Waals surface area contributed by atoms with Crippen LogP contribution >= 0.6 is 0 Å². The molecule has 1 atom stereocenters. The van der Waals surface area contributed by atoms with Crippen molar-refractivity contribution in [3.63, 3.8) is 0 Å². The highest BCUT2D eigenvalue weighted by Crippen LogP contribution is 2.36. The van der Waals surface area contributed by atoms with E-state index in [0.717, 1.165) is 32.4 Å². The molecule has 0 aliphatic carbocycles. The third kappa shape index (κ3) is 25.3. The summed E-state index contributed by atoms with van der Waals surface area (Å²) in [4.78, 5) is 2.28. The van der Waals surface area contributed by atoms with Crippen molar-refractivity contribution in [2.75, 3.05) is 27.2 Å². The highest BCUT2D eigenvalue weighted by molar-refractivity contribution is 4.83. The molecule has 1 rings (SSSR count). The van der Waals surface area contributed by atoms with Crippen molar-refractivity contribution in [2.24, 2.45) is 0 Å². The standard InChI is InChI=1S/C40H77NO2/c1-5-7-9-11-13-15-17-19-21-23-25-27-29-31-35-40(42-38-39(43-40)34-33-37-41(3)4)36-32-30-28-26-24-22-20-18-16-14-12-10-8-6-2/h15-18,39H,5-14,19-38H2,1-4H3/b17-15-,18-16-/t39-/m0/s1. The largest absolute Gasteiger partial charge is 0.347 e. The first kappa shape index (κ1) is 40.4. The summed E-state index contributed by atoms with van der Waals surface area (Å²) in [6.45, 7) is 6.50. The lowest BCUT2D eigenvalue weighted by Gasteiger charge is -2.28. The zero-order valence-electron chi connectivity index (χ0n) is 29.9. The van der Waals surface area contributed by atoms with Crippen molar-refractivity contribution in [1.29, 1.82) is 0 Å². The summed E-state index contributed by atoms with van der Waals surface area (Å²) in [6.07, 6.45) is 46.6. The van der Waals surface area contributed by atoms with Crippen molar-refractivity contribution in [3.05, 3.63) is 24.3 Å². The molecule has 254 valence electrons. The molecule has 1 heterocycles. The Hall–Kier alpha value is -0.640. The second kappa shape index (κ2) is 30.0. The highest BCUT2D eigenvalue weighted by atomic mass is 16.7. The molecule has 0 bridgehead atoms. The Labute approximate surface area is 271 Å². The first-order chi connectivity index (χ1) is 21.1. The van der Waals surface area contributed by atoms with E-state index in [2.05, 4.69) is 57.1 Å². The van der Waals surface area contributed by atoms with E-state index in [1.165, 1.54) is 161 Å². The van der Waals surface area contributed by atoms with Gasteiger partial charge in [-0.2, -0.15) is 0 Å². The first-order valence-electron chi connectivity index (χ1n) is 19.4. The maximum atomic E-state index is 6.70. The monoisotopic (exact) mass is 604 g/mol. The molecule has 1 fully saturated rings. The fourth-order valence-electron chi connectivity index (χ4n) is 6.36. The van der Waals surface area contributed by atoms with E-state index in [-0.39, 0.29) is 5.79 Å². The van der Waals surface area contributed by atoms with Crippen LogP contribution in [0, 0.1) is 0 Å². The van der Waals surface area contributed by atoms with E-state index in [4.69, 9.17) is 9.47 Å². The molecule has 0 aromatic carbocycles. The average Bonchev–Trinajstić information content (AvgIpc) is 3.40. The van der Waals surface area contributed by atoms with Gasteiger partial charge in [0.15, 0.2) is 5.79 Å². The average molecular weight is 604 g/mol. The minimum Gasteiger partial charge on any atom is -0.347 e. The molecule has 1 saturated heterocycles. The van der Waals surface area contributed by atoms with E-state index in [1.807, 2.05) is 0 Å². The van der Waals surface area contributed by atoms with Gasteiger partial charge in [-0.25, -0.2) is 0 Å². The van der Waals surface area contributed by atoms with Gasteiger partial charge in [0.05, 0.1) is 12.7 Å². The predicted molar refractivity (Wildman–Crippen MR) is 191 cm³/mol. The Kier molecular flexibility index (Phi) is 28.2. The number of ether oxygens (including phenoxy) is 2. The van der Waals surface area contributed by atoms with Gasteiger partial charge in [-0.3, -0.25) is 0 Å². The van der Waals surface area contributed by atoms with Crippen molar-refractivity contribution in [1.82, 2.24) is 4.90 Å². The Balaban J connectivity index is 2.19. The zero-order valence-corrected chi connectivity index (χ0v) is 29.9. The third-order valence-corrected chi connectivity index (χ3v) is 9.18. The van der Waals surface area contributed by atoms with E-state index >= 15 is 0 Å². The maximum absolute atomic E-state index is 6.70. The van der Waals surface area contributed by atoms with Crippen molar-refractivity contribution in [3.8, 4) is 0 Å². The fourth-order valence-corrected chi connectivity index (χ4v) is 6.36. The molecule has 1 aliphatic rings. The van der Waals surface area contributed by atoms with E-state index in [9.17, 15) is 0 Å². The summed E-state index contributed by atoms with van der Waals surface area (Å²) in [7, 11) is 4.32. The summed E-state index contributed by atoms with van der Waals surface area (Å²) < 4.78 is 13.2. The van der Waals surface area contributed by atoms with Gasteiger partial charge in [0.2, 0.25) is 0 Å². The maximum Gasteiger partial charge on any atom is 0.168 e. The minimum absolute atomic E-state index is 0.291. The first-order valence-corrected chi connectivity index (χ1v) is 19.4. The fraction of sp³-hybridized carbons (Fsp3) is 0.900. The quantitative estimate of drug-likeness (QED) is 0.0564. The second-order valence-electron chi connectivity index (χ2n) is 13.9. The Morgan fingerprint density at radius 3 is 1.35 bits per heavy atom. The van der Waals surface area contributed by atoms with Crippen molar-refractivity contribution >= 4 is 0 Å². The van der Waals surface area contributed by atoms with Crippen molar-refractivity contribution in [2.45, 2.75) is 206 Å². The van der Waals surface area contributed by atoms with Crippen LogP contribution in [0.2, 0.25) is 0 Å². The molecule has 3 nitrogen and oxygen atoms in total. The van der Waals surface area contributed by atoms with Crippen LogP contribution in [-0.4, -0.2) is 44.0 Å². The summed E-state index contributed by atoms with van der Waals surface area (Å²) in [6, 6.07) is 0. The summed E-state index contributed by atoms with van der Waals surface area (Å²) >= 11 is 0. The zero-order chi connectivity index (χ0) is 31.1. The van der Waals surface area contributed by atoms with Gasteiger partial charge < -0.3 is 14.4 Å². The highest BCUT2D eigenvalue weighted by Gasteiger charge is 2.40. The lowest BCUT2D eigenvalue weighted by molar-refractivity contribution is -0.180. The van der Waals surface area contributed by atoms with Crippen molar-refractivity contribution < 1.29 is 9.47 Å². The molecule has 0 aromatic heterocycles. The lowest BCUT2D eigenvalue weighted by atomic mass is 9.98. The van der Waals surface area contributed by atoms with E-state index in [0.29, 0.717) is 6.10 Å². The second-order valence-corrected chi connectivity index (χ2v) is 13.9. The summed E-state index contributed by atoms with van der Waals surface area (Å²) in [5.41, 5.74) is 0. The van der Waals surface area contributed by atoms with Gasteiger partial charge in [0, 0.05) is 12.8 Å². The van der Waals surface area contributed by atoms with Crippen LogP contribution in [-0.2, 0) is 9.47 Å². The van der Waals surface area contributed by atoms with Gasteiger partial charge in [0.1, 0.15) is 0 Å². The van der Waals surface area contributed by atoms with Crippen LogP contribution in [0.5, 0.6) is 0 Å². The number of hydrogen-bond acceptors (Lipinski definition) is 3. The van der Waals surface area contributed by atoms with Gasteiger partial charge >= 0.3 is 0 Å². The molecule has 0 saturated carbocycles. The molecule has 0 aromatic rings. The van der Waals surface area contributed by atoms with Crippen LogP contribution in [0.25, 0.3) is 0 Å². The van der Waals surface area contributed by atoms with Crippen LogP contribution < -0.4 is 0 Å². The molecular formula is C40H77NO2. The number of nitrogens with zero attached hydrogens (tertiary/aromatic N) is 1. The van der Waals surface area contributed by atoms with Gasteiger partial charge in [-0.15, -0.1) is 0 Å². The number of hydrogen-bond donors (Lipinski definition) is 0. The Morgan fingerprint density at radius 1 is 0.535 bits per heavy atom. The van der Waals surface area contributed by atoms with Crippen LogP contribution in [0.3, 0.4) is 0 Å². The predicted octanol–water partition coefficient (Wildman–Crippen LogP) is 12.7. The summed E-state index contributed by atoms with van der Waals surface area (Å²) in [5.74, 6) is -0.299. The molecule has 0 spiro atoms. The molecule has 0 amide bonds. The Morgan fingerprint density at radius 2 is 0.930 bits per heavy atom. The SMILES string of the molecule is CCCCCC/C=C\CCCCCCCCC1(CCCCCCCC/C=C\CCCCCC)OC[C@H](CCCN(C)C)O1. The third-order valence-electron chi connectivity index (χ3n) is 9.18. The molecule has 0 radical (unpaired) electrons. The van der Waals surface area contributed by atoms with Gasteiger partial charge in [0.25, 0.3) is 0 Å². The van der Waals surface area contributed by atoms with Gasteiger partial charge in [-0.05, 0) is 97.7 Å². The molecule has 0 unspecified atom stereocenters. The van der Waals surface area contributed by atoms with E-state index < -0.39 is 0 Å². The number of allylic oxidation sites excluding steroid dienone is 4.